The van der Waals surface area contributed by atoms with Gasteiger partial charge in [0.2, 0.25) is 0 Å². The van der Waals surface area contributed by atoms with Gasteiger partial charge in [-0.3, -0.25) is 0 Å². The van der Waals surface area contributed by atoms with Crippen molar-refractivity contribution in [3.8, 4) is 11.5 Å². The van der Waals surface area contributed by atoms with Crippen LogP contribution in [0.25, 0.3) is 0 Å². The maximum Gasteiger partial charge on any atom is 0.129 e. The molecule has 1 aromatic rings. The van der Waals surface area contributed by atoms with Crippen LogP contribution in [0.4, 0.5) is 0 Å². The molecule has 1 N–H and O–H groups in total. The highest BCUT2D eigenvalue weighted by atomic mass is 16.5. The zero-order chi connectivity index (χ0) is 12.8. The van der Waals surface area contributed by atoms with Crippen LogP contribution in [-0.2, 0) is 4.74 Å². The molecule has 1 aromatic carbocycles. The fourth-order valence-corrected chi connectivity index (χ4v) is 2.93. The first-order chi connectivity index (χ1) is 8.65. The maximum absolute atomic E-state index is 10.2. The molecule has 3 rings (SSSR count). The Bertz CT molecular complexity index is 451. The van der Waals surface area contributed by atoms with Gasteiger partial charge in [-0.1, -0.05) is 0 Å². The van der Waals surface area contributed by atoms with E-state index in [2.05, 4.69) is 0 Å². The Balaban J connectivity index is 1.87. The molecule has 1 spiro atoms. The molecular formula is C14H18O4. The molecule has 1 fully saturated rings. The molecule has 0 aromatic heterocycles. The van der Waals surface area contributed by atoms with E-state index in [1.807, 2.05) is 18.2 Å². The van der Waals surface area contributed by atoms with Crippen LogP contribution in [-0.4, -0.2) is 31.0 Å². The van der Waals surface area contributed by atoms with Gasteiger partial charge in [0.15, 0.2) is 0 Å². The molecule has 0 radical (unpaired) electrons. The summed E-state index contributed by atoms with van der Waals surface area (Å²) in [6, 6.07) is 5.57. The zero-order valence-electron chi connectivity index (χ0n) is 10.7. The average Bonchev–Trinajstić information content (AvgIpc) is 2.34. The molecular weight excluding hydrogens is 232 g/mol. The number of fused-ring (bicyclic) bond motifs is 1. The lowest BCUT2D eigenvalue weighted by atomic mass is 9.71. The van der Waals surface area contributed by atoms with E-state index in [1.54, 1.807) is 14.2 Å². The van der Waals surface area contributed by atoms with Crippen molar-refractivity contribution in [3.63, 3.8) is 0 Å². The van der Waals surface area contributed by atoms with Crippen LogP contribution in [0.3, 0.4) is 0 Å². The Morgan fingerprint density at radius 3 is 2.72 bits per heavy atom. The van der Waals surface area contributed by atoms with E-state index < -0.39 is 6.10 Å². The lowest BCUT2D eigenvalue weighted by molar-refractivity contribution is -0.139. The SMILES string of the molecule is COc1ccc2c(c1)OC1(CC(OC)C1)C[C@@H]2O. The van der Waals surface area contributed by atoms with E-state index in [-0.39, 0.29) is 11.7 Å². The summed E-state index contributed by atoms with van der Waals surface area (Å²) in [5.74, 6) is 1.49. The van der Waals surface area contributed by atoms with Crippen LogP contribution < -0.4 is 9.47 Å². The molecule has 2 aliphatic rings. The van der Waals surface area contributed by atoms with Crippen LogP contribution >= 0.6 is 0 Å². The fraction of sp³-hybridized carbons (Fsp3) is 0.571. The summed E-state index contributed by atoms with van der Waals surface area (Å²) in [7, 11) is 3.34. The Kier molecular flexibility index (Phi) is 2.72. The van der Waals surface area contributed by atoms with E-state index in [0.717, 1.165) is 29.9 Å². The van der Waals surface area contributed by atoms with E-state index in [1.165, 1.54) is 0 Å². The van der Waals surface area contributed by atoms with E-state index in [9.17, 15) is 5.11 Å². The minimum Gasteiger partial charge on any atom is -0.497 e. The molecule has 98 valence electrons. The fourth-order valence-electron chi connectivity index (χ4n) is 2.93. The van der Waals surface area contributed by atoms with E-state index >= 15 is 0 Å². The third kappa shape index (κ3) is 1.76. The highest BCUT2D eigenvalue weighted by Crippen LogP contribution is 2.50. The smallest absolute Gasteiger partial charge is 0.129 e. The second-order valence-electron chi connectivity index (χ2n) is 5.17. The van der Waals surface area contributed by atoms with Gasteiger partial charge in [-0.15, -0.1) is 0 Å². The standard InChI is InChI=1S/C14H18O4/c1-16-9-3-4-11-12(15)8-14(18-13(11)5-9)6-10(7-14)17-2/h3-5,10,12,15H,6-8H2,1-2H3/t10?,12-,14?/m0/s1. The van der Waals surface area contributed by atoms with Crippen LogP contribution in [0, 0.1) is 0 Å². The van der Waals surface area contributed by atoms with E-state index in [0.29, 0.717) is 6.42 Å². The topological polar surface area (TPSA) is 47.9 Å². The number of aliphatic hydroxyl groups excluding tert-OH is 1. The lowest BCUT2D eigenvalue weighted by Gasteiger charge is -2.50. The Morgan fingerprint density at radius 2 is 2.06 bits per heavy atom. The van der Waals surface area contributed by atoms with Crippen LogP contribution in [0.2, 0.25) is 0 Å². The third-order valence-corrected chi connectivity index (χ3v) is 4.00. The summed E-state index contributed by atoms with van der Waals surface area (Å²) in [4.78, 5) is 0. The summed E-state index contributed by atoms with van der Waals surface area (Å²) in [6.45, 7) is 0. The first-order valence-electron chi connectivity index (χ1n) is 6.23. The highest BCUT2D eigenvalue weighted by Gasteiger charge is 2.50. The van der Waals surface area contributed by atoms with Crippen molar-refractivity contribution in [1.82, 2.24) is 0 Å². The third-order valence-electron chi connectivity index (χ3n) is 4.00. The van der Waals surface area contributed by atoms with Gasteiger partial charge in [-0.2, -0.15) is 0 Å². The summed E-state index contributed by atoms with van der Waals surface area (Å²) in [6.07, 6.45) is 2.13. The molecule has 1 aliphatic heterocycles. The van der Waals surface area contributed by atoms with Gasteiger partial charge in [-0.25, -0.2) is 0 Å². The molecule has 0 bridgehead atoms. The summed E-state index contributed by atoms with van der Waals surface area (Å²) in [5, 5.41) is 10.2. The quantitative estimate of drug-likeness (QED) is 0.872. The predicted molar refractivity (Wildman–Crippen MR) is 66.0 cm³/mol. The van der Waals surface area contributed by atoms with Crippen molar-refractivity contribution in [3.05, 3.63) is 23.8 Å². The summed E-state index contributed by atoms with van der Waals surface area (Å²) in [5.41, 5.74) is 0.599. The van der Waals surface area contributed by atoms with Crippen molar-refractivity contribution in [2.75, 3.05) is 14.2 Å². The van der Waals surface area contributed by atoms with Gasteiger partial charge in [-0.05, 0) is 12.1 Å². The van der Waals surface area contributed by atoms with Gasteiger partial charge in [0, 0.05) is 38.0 Å². The molecule has 4 heteroatoms. The lowest BCUT2D eigenvalue weighted by Crippen LogP contribution is -2.54. The van der Waals surface area contributed by atoms with Gasteiger partial charge in [0.05, 0.1) is 19.3 Å². The number of methoxy groups -OCH3 is 2. The molecule has 0 unspecified atom stereocenters. The van der Waals surface area contributed by atoms with Crippen LogP contribution in [0.1, 0.15) is 30.9 Å². The first-order valence-corrected chi connectivity index (χ1v) is 6.23. The molecule has 1 aliphatic carbocycles. The highest BCUT2D eigenvalue weighted by molar-refractivity contribution is 5.44. The summed E-state index contributed by atoms with van der Waals surface area (Å²) < 4.78 is 16.6. The average molecular weight is 250 g/mol. The number of aliphatic hydroxyl groups is 1. The molecule has 0 amide bonds. The largest absolute Gasteiger partial charge is 0.497 e. The van der Waals surface area contributed by atoms with Crippen molar-refractivity contribution in [1.29, 1.82) is 0 Å². The monoisotopic (exact) mass is 250 g/mol. The summed E-state index contributed by atoms with van der Waals surface area (Å²) >= 11 is 0. The minimum atomic E-state index is -0.461. The Labute approximate surface area is 106 Å². The molecule has 1 heterocycles. The Hall–Kier alpha value is -1.26. The van der Waals surface area contributed by atoms with Crippen molar-refractivity contribution < 1.29 is 19.3 Å². The molecule has 0 saturated heterocycles. The predicted octanol–water partition coefficient (Wildman–Crippen LogP) is 2.06. The second-order valence-corrected chi connectivity index (χ2v) is 5.17. The molecule has 1 saturated carbocycles. The van der Waals surface area contributed by atoms with Crippen molar-refractivity contribution in [2.45, 2.75) is 37.1 Å². The normalized spacial score (nSPS) is 33.5. The number of benzene rings is 1. The van der Waals surface area contributed by atoms with Gasteiger partial charge < -0.3 is 19.3 Å². The van der Waals surface area contributed by atoms with Crippen LogP contribution in [0.5, 0.6) is 11.5 Å². The Morgan fingerprint density at radius 1 is 1.28 bits per heavy atom. The maximum atomic E-state index is 10.2. The minimum absolute atomic E-state index is 0.251. The number of hydrogen-bond acceptors (Lipinski definition) is 4. The van der Waals surface area contributed by atoms with Gasteiger partial charge in [0.25, 0.3) is 0 Å². The van der Waals surface area contributed by atoms with Crippen LogP contribution in [0.15, 0.2) is 18.2 Å². The number of rotatable bonds is 2. The first kappa shape index (κ1) is 11.8. The zero-order valence-corrected chi connectivity index (χ0v) is 10.7. The second kappa shape index (κ2) is 4.14. The molecule has 4 nitrogen and oxygen atoms in total. The van der Waals surface area contributed by atoms with E-state index in [4.69, 9.17) is 14.2 Å². The molecule has 18 heavy (non-hydrogen) atoms. The number of hydrogen-bond donors (Lipinski definition) is 1. The molecule has 1 atom stereocenters. The van der Waals surface area contributed by atoms with Gasteiger partial charge in [0.1, 0.15) is 17.1 Å². The van der Waals surface area contributed by atoms with Crippen molar-refractivity contribution in [2.24, 2.45) is 0 Å². The van der Waals surface area contributed by atoms with Gasteiger partial charge >= 0.3 is 0 Å². The van der Waals surface area contributed by atoms with Crippen molar-refractivity contribution >= 4 is 0 Å². The number of ether oxygens (including phenoxy) is 3.